The number of carbonyl (C=O) groups is 2. The third-order valence-corrected chi connectivity index (χ3v) is 3.24. The quantitative estimate of drug-likeness (QED) is 0.718. The van der Waals surface area contributed by atoms with Crippen LogP contribution >= 0.6 is 11.8 Å². The Balaban J connectivity index is 2.30. The summed E-state index contributed by atoms with van der Waals surface area (Å²) in [6.45, 7) is 1.97. The molecule has 0 heterocycles. The molecule has 1 unspecified atom stereocenters. The number of nitrogens with two attached hydrogens (primary N) is 1. The second-order valence-electron chi connectivity index (χ2n) is 3.87. The van der Waals surface area contributed by atoms with Gasteiger partial charge in [-0.2, -0.15) is 0 Å². The Labute approximate surface area is 110 Å². The lowest BCUT2D eigenvalue weighted by atomic mass is 10.2. The molecule has 0 radical (unpaired) electrons. The van der Waals surface area contributed by atoms with Gasteiger partial charge in [-0.05, 0) is 19.1 Å². The van der Waals surface area contributed by atoms with E-state index in [2.05, 4.69) is 5.32 Å². The number of amides is 1. The molecular formula is C12H16N2O3S. The van der Waals surface area contributed by atoms with Crippen LogP contribution in [-0.4, -0.2) is 34.5 Å². The molecule has 98 valence electrons. The van der Waals surface area contributed by atoms with E-state index in [9.17, 15) is 9.59 Å². The van der Waals surface area contributed by atoms with Crippen molar-refractivity contribution in [2.45, 2.75) is 13.0 Å². The molecule has 0 aliphatic rings. The van der Waals surface area contributed by atoms with Crippen LogP contribution in [-0.2, 0) is 9.59 Å². The minimum Gasteiger partial charge on any atom is -0.480 e. The fourth-order valence-corrected chi connectivity index (χ4v) is 1.96. The van der Waals surface area contributed by atoms with E-state index < -0.39 is 12.0 Å². The van der Waals surface area contributed by atoms with Crippen molar-refractivity contribution < 1.29 is 14.7 Å². The molecule has 0 bridgehead atoms. The minimum absolute atomic E-state index is 0.165. The number of nitrogens with one attached hydrogen (secondary N) is 1. The molecule has 0 aliphatic carbocycles. The maximum Gasteiger partial charge on any atom is 0.321 e. The van der Waals surface area contributed by atoms with Crippen molar-refractivity contribution in [2.75, 3.05) is 16.8 Å². The van der Waals surface area contributed by atoms with Crippen molar-refractivity contribution in [1.82, 2.24) is 0 Å². The largest absolute Gasteiger partial charge is 0.480 e. The summed E-state index contributed by atoms with van der Waals surface area (Å²) in [5.41, 5.74) is 7.17. The van der Waals surface area contributed by atoms with E-state index >= 15 is 0 Å². The van der Waals surface area contributed by atoms with Crippen LogP contribution in [0.2, 0.25) is 0 Å². The average molecular weight is 268 g/mol. The minimum atomic E-state index is -1.05. The molecule has 0 aromatic heterocycles. The number of hydrogen-bond donors (Lipinski definition) is 3. The Morgan fingerprint density at radius 3 is 2.56 bits per heavy atom. The molecule has 1 aromatic rings. The van der Waals surface area contributed by atoms with Crippen LogP contribution in [0.3, 0.4) is 0 Å². The summed E-state index contributed by atoms with van der Waals surface area (Å²) < 4.78 is 0. The molecule has 0 spiro atoms. The topological polar surface area (TPSA) is 92.4 Å². The van der Waals surface area contributed by atoms with Crippen LogP contribution in [0.5, 0.6) is 0 Å². The standard InChI is InChI=1S/C12H16N2O3S/c1-8-2-4-9(5-3-8)14-11(15)7-18-6-10(13)12(16)17/h2-5,10H,6-7,13H2,1H3,(H,14,15)(H,16,17). The maximum absolute atomic E-state index is 11.5. The second kappa shape index (κ2) is 7.03. The maximum atomic E-state index is 11.5. The molecule has 1 aromatic carbocycles. The second-order valence-corrected chi connectivity index (χ2v) is 4.90. The zero-order valence-corrected chi connectivity index (χ0v) is 10.9. The first-order chi connectivity index (χ1) is 8.49. The van der Waals surface area contributed by atoms with Gasteiger partial charge in [-0.3, -0.25) is 9.59 Å². The van der Waals surface area contributed by atoms with E-state index in [1.54, 1.807) is 0 Å². The number of thioether (sulfide) groups is 1. The number of aryl methyl sites for hydroxylation is 1. The monoisotopic (exact) mass is 268 g/mol. The summed E-state index contributed by atoms with van der Waals surface area (Å²) in [5.74, 6) is -0.811. The highest BCUT2D eigenvalue weighted by molar-refractivity contribution is 8.00. The molecule has 5 nitrogen and oxygen atoms in total. The summed E-state index contributed by atoms with van der Waals surface area (Å²) in [5, 5.41) is 11.3. The predicted octanol–water partition coefficient (Wildman–Crippen LogP) is 1.08. The van der Waals surface area contributed by atoms with Crippen LogP contribution in [0.4, 0.5) is 5.69 Å². The number of carbonyl (C=O) groups excluding carboxylic acids is 1. The van der Waals surface area contributed by atoms with E-state index in [-0.39, 0.29) is 17.4 Å². The van der Waals surface area contributed by atoms with E-state index in [4.69, 9.17) is 10.8 Å². The Morgan fingerprint density at radius 2 is 2.00 bits per heavy atom. The molecule has 0 fully saturated rings. The van der Waals surface area contributed by atoms with Crippen LogP contribution in [0.1, 0.15) is 5.56 Å². The van der Waals surface area contributed by atoms with Gasteiger partial charge in [0.25, 0.3) is 0 Å². The molecule has 6 heteroatoms. The van der Waals surface area contributed by atoms with Gasteiger partial charge in [0.1, 0.15) is 6.04 Å². The van der Waals surface area contributed by atoms with Crippen molar-refractivity contribution in [3.63, 3.8) is 0 Å². The highest BCUT2D eigenvalue weighted by Gasteiger charge is 2.12. The Morgan fingerprint density at radius 1 is 1.39 bits per heavy atom. The third kappa shape index (κ3) is 5.20. The first kappa shape index (κ1) is 14.5. The molecule has 1 rings (SSSR count). The van der Waals surface area contributed by atoms with E-state index in [1.165, 1.54) is 11.8 Å². The van der Waals surface area contributed by atoms with Crippen LogP contribution < -0.4 is 11.1 Å². The van der Waals surface area contributed by atoms with E-state index in [1.807, 2.05) is 31.2 Å². The van der Waals surface area contributed by atoms with Crippen molar-refractivity contribution in [2.24, 2.45) is 5.73 Å². The van der Waals surface area contributed by atoms with Gasteiger partial charge in [-0.25, -0.2) is 0 Å². The lowest BCUT2D eigenvalue weighted by Crippen LogP contribution is -2.33. The fraction of sp³-hybridized carbons (Fsp3) is 0.333. The summed E-state index contributed by atoms with van der Waals surface area (Å²) >= 11 is 1.20. The number of rotatable bonds is 6. The normalized spacial score (nSPS) is 11.9. The zero-order chi connectivity index (χ0) is 13.5. The van der Waals surface area contributed by atoms with Crippen LogP contribution in [0.15, 0.2) is 24.3 Å². The highest BCUT2D eigenvalue weighted by atomic mass is 32.2. The Hall–Kier alpha value is -1.53. The van der Waals surface area contributed by atoms with Gasteiger partial charge in [0.2, 0.25) is 5.91 Å². The molecule has 0 saturated carbocycles. The summed E-state index contributed by atoms with van der Waals surface area (Å²) in [6, 6.07) is 6.52. The summed E-state index contributed by atoms with van der Waals surface area (Å²) in [4.78, 5) is 22.0. The highest BCUT2D eigenvalue weighted by Crippen LogP contribution is 2.10. The molecule has 0 saturated heterocycles. The third-order valence-electron chi connectivity index (χ3n) is 2.18. The summed E-state index contributed by atoms with van der Waals surface area (Å²) in [6.07, 6.45) is 0. The SMILES string of the molecule is Cc1ccc(NC(=O)CSCC(N)C(=O)O)cc1. The van der Waals surface area contributed by atoms with Gasteiger partial charge in [0.15, 0.2) is 0 Å². The van der Waals surface area contributed by atoms with Crippen LogP contribution in [0, 0.1) is 6.92 Å². The number of carboxylic acid groups (broad SMARTS) is 1. The van der Waals surface area contributed by atoms with E-state index in [0.29, 0.717) is 0 Å². The van der Waals surface area contributed by atoms with Crippen molar-refractivity contribution in [3.05, 3.63) is 29.8 Å². The molecule has 1 amide bonds. The lowest BCUT2D eigenvalue weighted by Gasteiger charge is -2.07. The molecular weight excluding hydrogens is 252 g/mol. The van der Waals surface area contributed by atoms with Gasteiger partial charge < -0.3 is 16.2 Å². The van der Waals surface area contributed by atoms with Gasteiger partial charge in [-0.15, -0.1) is 11.8 Å². The molecule has 18 heavy (non-hydrogen) atoms. The van der Waals surface area contributed by atoms with Crippen molar-refractivity contribution in [3.8, 4) is 0 Å². The Kier molecular flexibility index (Phi) is 5.67. The van der Waals surface area contributed by atoms with Gasteiger partial charge in [0.05, 0.1) is 5.75 Å². The number of carboxylic acids is 1. The zero-order valence-electron chi connectivity index (χ0n) is 10.1. The number of benzene rings is 1. The number of aliphatic carboxylic acids is 1. The predicted molar refractivity (Wildman–Crippen MR) is 72.7 cm³/mol. The van der Waals surface area contributed by atoms with E-state index in [0.717, 1.165) is 11.3 Å². The molecule has 1 atom stereocenters. The summed E-state index contributed by atoms with van der Waals surface area (Å²) in [7, 11) is 0. The Bertz CT molecular complexity index is 420. The fourth-order valence-electron chi connectivity index (χ4n) is 1.18. The van der Waals surface area contributed by atoms with Gasteiger partial charge in [-0.1, -0.05) is 17.7 Å². The first-order valence-corrected chi connectivity index (χ1v) is 6.57. The average Bonchev–Trinajstić information content (AvgIpc) is 2.32. The molecule has 4 N–H and O–H groups in total. The van der Waals surface area contributed by atoms with Crippen molar-refractivity contribution >= 4 is 29.3 Å². The smallest absolute Gasteiger partial charge is 0.321 e. The van der Waals surface area contributed by atoms with Gasteiger partial charge >= 0.3 is 5.97 Å². The van der Waals surface area contributed by atoms with Crippen molar-refractivity contribution in [1.29, 1.82) is 0 Å². The first-order valence-electron chi connectivity index (χ1n) is 5.41. The number of anilines is 1. The number of hydrogen-bond acceptors (Lipinski definition) is 4. The molecule has 0 aliphatic heterocycles. The van der Waals surface area contributed by atoms with Gasteiger partial charge in [0, 0.05) is 11.4 Å². The van der Waals surface area contributed by atoms with Crippen LogP contribution in [0.25, 0.3) is 0 Å². The lowest BCUT2D eigenvalue weighted by molar-refractivity contribution is -0.137.